The van der Waals surface area contributed by atoms with Crippen LogP contribution in [0.4, 0.5) is 17.2 Å². The van der Waals surface area contributed by atoms with Crippen molar-refractivity contribution in [1.29, 1.82) is 0 Å². The van der Waals surface area contributed by atoms with Crippen molar-refractivity contribution in [3.63, 3.8) is 0 Å². The summed E-state index contributed by atoms with van der Waals surface area (Å²) < 4.78 is 0. The molecule has 0 radical (unpaired) electrons. The zero-order valence-electron chi connectivity index (χ0n) is 18.6. The Morgan fingerprint density at radius 2 is 1.82 bits per heavy atom. The van der Waals surface area contributed by atoms with Crippen molar-refractivity contribution < 1.29 is 4.79 Å². The van der Waals surface area contributed by atoms with Crippen LogP contribution in [0.1, 0.15) is 27.2 Å². The number of amides is 1. The number of allylic oxidation sites excluding steroid dienone is 1. The minimum absolute atomic E-state index is 0.0489. The number of aromatic nitrogens is 2. The number of fused-ring (bicyclic) bond motifs is 2. The summed E-state index contributed by atoms with van der Waals surface area (Å²) in [5, 5.41) is 6.38. The molecule has 2 aromatic heterocycles. The van der Waals surface area contributed by atoms with E-state index in [2.05, 4.69) is 67.8 Å². The molecule has 0 bridgehead atoms. The molecule has 0 atom stereocenters. The fraction of sp³-hybridized carbons (Fsp3) is 0.269. The average Bonchev–Trinajstić information content (AvgIpc) is 3.48. The third-order valence-corrected chi connectivity index (χ3v) is 6.82. The maximum absolute atomic E-state index is 12.8. The Morgan fingerprint density at radius 3 is 2.64 bits per heavy atom. The van der Waals surface area contributed by atoms with Crippen LogP contribution in [0.25, 0.3) is 17.2 Å². The molecule has 0 saturated carbocycles. The molecule has 7 nitrogen and oxygen atoms in total. The van der Waals surface area contributed by atoms with Crippen LogP contribution >= 0.6 is 0 Å². The molecular weight excluding hydrogens is 412 g/mol. The minimum Gasteiger partial charge on any atom is -0.368 e. The van der Waals surface area contributed by atoms with Crippen molar-refractivity contribution in [3.05, 3.63) is 71.2 Å². The Labute approximate surface area is 193 Å². The largest absolute Gasteiger partial charge is 0.368 e. The molecule has 3 aromatic rings. The number of piperazine rings is 1. The number of nitrogens with one attached hydrogen (secondary N) is 2. The lowest BCUT2D eigenvalue weighted by atomic mass is 9.92. The molecule has 166 valence electrons. The van der Waals surface area contributed by atoms with Crippen LogP contribution in [0.5, 0.6) is 0 Å². The van der Waals surface area contributed by atoms with Gasteiger partial charge in [0.05, 0.1) is 28.8 Å². The lowest BCUT2D eigenvalue weighted by molar-refractivity contribution is 0.0966. The van der Waals surface area contributed by atoms with E-state index >= 15 is 0 Å². The fourth-order valence-electron chi connectivity index (χ4n) is 4.96. The summed E-state index contributed by atoms with van der Waals surface area (Å²) in [4.78, 5) is 26.6. The van der Waals surface area contributed by atoms with Gasteiger partial charge in [-0.2, -0.15) is 0 Å². The van der Waals surface area contributed by atoms with Crippen molar-refractivity contribution >= 4 is 29.2 Å². The summed E-state index contributed by atoms with van der Waals surface area (Å²) in [6, 6.07) is 10.2. The number of benzene rings is 1. The summed E-state index contributed by atoms with van der Waals surface area (Å²) in [5.41, 5.74) is 8.13. The van der Waals surface area contributed by atoms with Crippen LogP contribution in [0, 0.1) is 0 Å². The van der Waals surface area contributed by atoms with Gasteiger partial charge in [-0.1, -0.05) is 12.1 Å². The van der Waals surface area contributed by atoms with Crippen LogP contribution < -0.4 is 15.5 Å². The van der Waals surface area contributed by atoms with Crippen LogP contribution in [0.2, 0.25) is 0 Å². The first-order chi connectivity index (χ1) is 16.2. The van der Waals surface area contributed by atoms with E-state index in [1.165, 1.54) is 5.56 Å². The molecule has 4 heterocycles. The van der Waals surface area contributed by atoms with Crippen LogP contribution in [0.15, 0.2) is 48.8 Å². The highest BCUT2D eigenvalue weighted by Crippen LogP contribution is 2.38. The highest BCUT2D eigenvalue weighted by molar-refractivity contribution is 6.06. The highest BCUT2D eigenvalue weighted by Gasteiger charge is 2.27. The smallest absolute Gasteiger partial charge is 0.254 e. The molecule has 1 aromatic carbocycles. The lowest BCUT2D eigenvalue weighted by Gasteiger charge is -2.33. The van der Waals surface area contributed by atoms with Crippen molar-refractivity contribution in [1.82, 2.24) is 20.2 Å². The van der Waals surface area contributed by atoms with E-state index in [1.807, 2.05) is 24.5 Å². The van der Waals surface area contributed by atoms with Crippen molar-refractivity contribution in [2.75, 3.05) is 43.4 Å². The van der Waals surface area contributed by atoms with E-state index in [0.717, 1.165) is 72.2 Å². The Hall–Kier alpha value is -3.71. The zero-order valence-corrected chi connectivity index (χ0v) is 18.6. The second-order valence-electron chi connectivity index (χ2n) is 8.84. The second-order valence-corrected chi connectivity index (χ2v) is 8.84. The number of anilines is 3. The second kappa shape index (κ2) is 8.01. The van der Waals surface area contributed by atoms with Gasteiger partial charge in [-0.05, 0) is 66.1 Å². The first kappa shape index (κ1) is 19.9. The topological polar surface area (TPSA) is 73.4 Å². The summed E-state index contributed by atoms with van der Waals surface area (Å²) in [6.45, 7) is 4.66. The third-order valence-electron chi connectivity index (χ3n) is 6.82. The van der Waals surface area contributed by atoms with Gasteiger partial charge in [0.1, 0.15) is 5.82 Å². The summed E-state index contributed by atoms with van der Waals surface area (Å²) in [6.07, 6.45) is 8.83. The van der Waals surface area contributed by atoms with Gasteiger partial charge in [-0.3, -0.25) is 9.78 Å². The molecular formula is C26H26N6O. The molecule has 0 spiro atoms. The van der Waals surface area contributed by atoms with Crippen LogP contribution in [-0.4, -0.2) is 54.0 Å². The average molecular weight is 439 g/mol. The van der Waals surface area contributed by atoms with Gasteiger partial charge in [0.15, 0.2) is 0 Å². The van der Waals surface area contributed by atoms with Gasteiger partial charge < -0.3 is 20.4 Å². The normalized spacial score (nSPS) is 17.1. The van der Waals surface area contributed by atoms with E-state index in [4.69, 9.17) is 0 Å². The fourth-order valence-corrected chi connectivity index (χ4v) is 4.96. The van der Waals surface area contributed by atoms with Gasteiger partial charge in [-0.25, -0.2) is 4.98 Å². The predicted molar refractivity (Wildman–Crippen MR) is 131 cm³/mol. The number of likely N-dealkylation sites (N-methyl/N-ethyl adjacent to an activating group) is 1. The molecule has 1 saturated heterocycles. The molecule has 2 N–H and O–H groups in total. The van der Waals surface area contributed by atoms with Gasteiger partial charge in [-0.15, -0.1) is 0 Å². The number of pyridine rings is 2. The SMILES string of the molecule is CN1CCN(c2ccc(Nc3ccc(-c4ccnc5c4CC=C5)c4c3C(=O)NC4)nc2)CC1. The van der Waals surface area contributed by atoms with E-state index in [1.54, 1.807) is 0 Å². The van der Waals surface area contributed by atoms with E-state index < -0.39 is 0 Å². The Bertz CT molecular complexity index is 1260. The van der Waals surface area contributed by atoms with Crippen molar-refractivity contribution in [2.24, 2.45) is 0 Å². The number of nitrogens with zero attached hydrogens (tertiary/aromatic N) is 4. The summed E-state index contributed by atoms with van der Waals surface area (Å²) in [5.74, 6) is 0.684. The molecule has 6 rings (SSSR count). The molecule has 7 heteroatoms. The van der Waals surface area contributed by atoms with Gasteiger partial charge >= 0.3 is 0 Å². The maximum Gasteiger partial charge on any atom is 0.254 e. The Balaban J connectivity index is 1.30. The van der Waals surface area contributed by atoms with E-state index in [0.29, 0.717) is 12.1 Å². The monoisotopic (exact) mass is 438 g/mol. The number of carbonyl (C=O) groups excluding carboxylic acids is 1. The molecule has 1 aliphatic carbocycles. The Morgan fingerprint density at radius 1 is 0.970 bits per heavy atom. The quantitative estimate of drug-likeness (QED) is 0.650. The summed E-state index contributed by atoms with van der Waals surface area (Å²) >= 11 is 0. The number of carbonyl (C=O) groups is 1. The minimum atomic E-state index is -0.0489. The zero-order chi connectivity index (χ0) is 22.4. The van der Waals surface area contributed by atoms with Crippen molar-refractivity contribution in [3.8, 4) is 11.1 Å². The first-order valence-electron chi connectivity index (χ1n) is 11.4. The van der Waals surface area contributed by atoms with Crippen molar-refractivity contribution in [2.45, 2.75) is 13.0 Å². The molecule has 1 fully saturated rings. The molecule has 3 aliphatic rings. The lowest BCUT2D eigenvalue weighted by Crippen LogP contribution is -2.44. The van der Waals surface area contributed by atoms with E-state index in [9.17, 15) is 4.79 Å². The van der Waals surface area contributed by atoms with Gasteiger partial charge in [0.25, 0.3) is 5.91 Å². The first-order valence-corrected chi connectivity index (χ1v) is 11.4. The number of hydrogen-bond donors (Lipinski definition) is 2. The molecule has 33 heavy (non-hydrogen) atoms. The highest BCUT2D eigenvalue weighted by atomic mass is 16.1. The number of rotatable bonds is 4. The van der Waals surface area contributed by atoms with Gasteiger partial charge in [0, 0.05) is 38.9 Å². The molecule has 1 amide bonds. The predicted octanol–water partition coefficient (Wildman–Crippen LogP) is 3.45. The summed E-state index contributed by atoms with van der Waals surface area (Å²) in [7, 11) is 2.15. The standard InChI is InChI=1S/C26H26N6O/c1-31-11-13-32(14-12-31)17-5-8-24(28-15-17)30-23-7-6-18(21-16-29-26(33)25(21)23)19-9-10-27-22-4-2-3-20(19)22/h2,4-10,15H,3,11-14,16H2,1H3,(H,28,30)(H,29,33). The number of hydrogen-bond acceptors (Lipinski definition) is 6. The van der Waals surface area contributed by atoms with Crippen LogP contribution in [0.3, 0.4) is 0 Å². The Kier molecular flexibility index (Phi) is 4.84. The van der Waals surface area contributed by atoms with Crippen LogP contribution in [-0.2, 0) is 13.0 Å². The molecule has 0 unspecified atom stereocenters. The van der Waals surface area contributed by atoms with Gasteiger partial charge in [0.2, 0.25) is 0 Å². The maximum atomic E-state index is 12.8. The molecule has 2 aliphatic heterocycles. The van der Waals surface area contributed by atoms with E-state index in [-0.39, 0.29) is 5.91 Å². The third kappa shape index (κ3) is 3.54.